The number of amides is 2. The lowest BCUT2D eigenvalue weighted by molar-refractivity contribution is -0.128. The van der Waals surface area contributed by atoms with E-state index >= 15 is 0 Å². The van der Waals surface area contributed by atoms with Crippen molar-refractivity contribution < 1.29 is 14.7 Å². The molecule has 0 saturated carbocycles. The Morgan fingerprint density at radius 3 is 2.86 bits per heavy atom. The first-order chi connectivity index (χ1) is 10.4. The number of carbonyl (C=O) groups excluding carboxylic acids is 2. The van der Waals surface area contributed by atoms with Gasteiger partial charge in [-0.1, -0.05) is 31.5 Å². The fraction of sp³-hybridized carbons (Fsp3) is 0.500. The van der Waals surface area contributed by atoms with E-state index in [1.165, 1.54) is 0 Å². The third kappa shape index (κ3) is 3.99. The van der Waals surface area contributed by atoms with Crippen LogP contribution in [0.1, 0.15) is 26.7 Å². The lowest BCUT2D eigenvalue weighted by Gasteiger charge is -2.18. The Labute approximate surface area is 135 Å². The Morgan fingerprint density at radius 2 is 2.23 bits per heavy atom. The number of hydrogen-bond acceptors (Lipinski definition) is 3. The molecule has 1 aromatic carbocycles. The van der Waals surface area contributed by atoms with Gasteiger partial charge in [0.25, 0.3) is 0 Å². The molecule has 5 nitrogen and oxygen atoms in total. The van der Waals surface area contributed by atoms with Crippen molar-refractivity contribution in [1.29, 1.82) is 0 Å². The largest absolute Gasteiger partial charge is 0.392 e. The highest BCUT2D eigenvalue weighted by Gasteiger charge is 2.33. The summed E-state index contributed by atoms with van der Waals surface area (Å²) in [4.78, 5) is 25.9. The van der Waals surface area contributed by atoms with Gasteiger partial charge in [0.2, 0.25) is 11.8 Å². The Hall–Kier alpha value is -1.59. The van der Waals surface area contributed by atoms with Gasteiger partial charge < -0.3 is 15.3 Å². The highest BCUT2D eigenvalue weighted by atomic mass is 35.5. The molecule has 2 amide bonds. The van der Waals surface area contributed by atoms with Crippen molar-refractivity contribution in [2.24, 2.45) is 5.92 Å². The van der Waals surface area contributed by atoms with E-state index in [4.69, 9.17) is 11.6 Å². The van der Waals surface area contributed by atoms with Crippen LogP contribution >= 0.6 is 11.6 Å². The number of aliphatic hydroxyl groups excluding tert-OH is 1. The van der Waals surface area contributed by atoms with Gasteiger partial charge in [-0.25, -0.2) is 0 Å². The van der Waals surface area contributed by atoms with Gasteiger partial charge in [-0.05, 0) is 30.5 Å². The number of nitrogens with one attached hydrogen (secondary N) is 1. The molecular weight excluding hydrogens is 304 g/mol. The lowest BCUT2D eigenvalue weighted by Crippen LogP contribution is -2.42. The van der Waals surface area contributed by atoms with Crippen LogP contribution in [0.15, 0.2) is 24.3 Å². The topological polar surface area (TPSA) is 69.6 Å². The molecule has 0 spiro atoms. The molecule has 0 aliphatic carbocycles. The van der Waals surface area contributed by atoms with Crippen LogP contribution in [-0.4, -0.2) is 35.6 Å². The minimum atomic E-state index is -0.694. The third-order valence-electron chi connectivity index (χ3n) is 3.82. The molecule has 1 aromatic rings. The van der Waals surface area contributed by atoms with Crippen LogP contribution in [0, 0.1) is 5.92 Å². The maximum absolute atomic E-state index is 12.4. The van der Waals surface area contributed by atoms with Gasteiger partial charge in [-0.2, -0.15) is 0 Å². The summed E-state index contributed by atoms with van der Waals surface area (Å²) < 4.78 is 0. The second-order valence-electron chi connectivity index (χ2n) is 5.89. The molecule has 1 heterocycles. The molecule has 2 atom stereocenters. The molecule has 2 rings (SSSR count). The maximum atomic E-state index is 12.4. The third-order valence-corrected chi connectivity index (χ3v) is 4.06. The molecule has 1 fully saturated rings. The SMILES string of the molecule is CC(C)[C@@H](O)CC(=O)N[C@H]1CCN(c2cccc(Cl)c2)C1=O. The zero-order valence-electron chi connectivity index (χ0n) is 12.8. The second kappa shape index (κ2) is 7.11. The van der Waals surface area contributed by atoms with Crippen molar-refractivity contribution in [2.45, 2.75) is 38.8 Å². The number of nitrogens with zero attached hydrogens (tertiary/aromatic N) is 1. The molecule has 0 unspecified atom stereocenters. The normalized spacial score (nSPS) is 19.6. The van der Waals surface area contributed by atoms with E-state index in [1.807, 2.05) is 19.9 Å². The number of benzene rings is 1. The van der Waals surface area contributed by atoms with Gasteiger partial charge in [0.05, 0.1) is 12.5 Å². The fourth-order valence-corrected chi connectivity index (χ4v) is 2.58. The standard InChI is InChI=1S/C16H21ClN2O3/c1-10(2)14(20)9-15(21)18-13-6-7-19(16(13)22)12-5-3-4-11(17)8-12/h3-5,8,10,13-14,20H,6-7,9H2,1-2H3,(H,18,21)/t13-,14-/m0/s1. The van der Waals surface area contributed by atoms with Crippen LogP contribution in [0.2, 0.25) is 5.02 Å². The lowest BCUT2D eigenvalue weighted by atomic mass is 10.0. The van der Waals surface area contributed by atoms with Crippen LogP contribution in [0.3, 0.4) is 0 Å². The van der Waals surface area contributed by atoms with E-state index in [2.05, 4.69) is 5.32 Å². The predicted molar refractivity (Wildman–Crippen MR) is 85.8 cm³/mol. The van der Waals surface area contributed by atoms with Crippen molar-refractivity contribution in [3.63, 3.8) is 0 Å². The number of halogens is 1. The molecule has 1 aliphatic heterocycles. The van der Waals surface area contributed by atoms with E-state index in [0.29, 0.717) is 18.0 Å². The average Bonchev–Trinajstić information content (AvgIpc) is 2.80. The Morgan fingerprint density at radius 1 is 1.50 bits per heavy atom. The van der Waals surface area contributed by atoms with Crippen molar-refractivity contribution in [3.8, 4) is 0 Å². The smallest absolute Gasteiger partial charge is 0.249 e. The van der Waals surface area contributed by atoms with E-state index in [-0.39, 0.29) is 24.2 Å². The summed E-state index contributed by atoms with van der Waals surface area (Å²) in [7, 11) is 0. The molecule has 1 aliphatic rings. The summed E-state index contributed by atoms with van der Waals surface area (Å²) in [6.45, 7) is 4.23. The van der Waals surface area contributed by atoms with Gasteiger partial charge >= 0.3 is 0 Å². The van der Waals surface area contributed by atoms with Crippen LogP contribution < -0.4 is 10.2 Å². The first kappa shape index (κ1) is 16.8. The van der Waals surface area contributed by atoms with E-state index in [9.17, 15) is 14.7 Å². The summed E-state index contributed by atoms with van der Waals surface area (Å²) >= 11 is 5.94. The van der Waals surface area contributed by atoms with Crippen LogP contribution in [-0.2, 0) is 9.59 Å². The highest BCUT2D eigenvalue weighted by molar-refractivity contribution is 6.31. The summed E-state index contributed by atoms with van der Waals surface area (Å²) in [6, 6.07) is 6.54. The maximum Gasteiger partial charge on any atom is 0.249 e. The van der Waals surface area contributed by atoms with Gasteiger partial charge in [0.1, 0.15) is 6.04 Å². The zero-order chi connectivity index (χ0) is 16.3. The molecule has 22 heavy (non-hydrogen) atoms. The average molecular weight is 325 g/mol. The van der Waals surface area contributed by atoms with Gasteiger partial charge in [-0.15, -0.1) is 0 Å². The first-order valence-electron chi connectivity index (χ1n) is 7.43. The number of hydrogen-bond donors (Lipinski definition) is 2. The highest BCUT2D eigenvalue weighted by Crippen LogP contribution is 2.24. The molecular formula is C16H21ClN2O3. The minimum absolute atomic E-state index is 0.00740. The second-order valence-corrected chi connectivity index (χ2v) is 6.33. The van der Waals surface area contributed by atoms with E-state index in [1.54, 1.807) is 23.1 Å². The van der Waals surface area contributed by atoms with Gasteiger partial charge in [-0.3, -0.25) is 9.59 Å². The predicted octanol–water partition coefficient (Wildman–Crippen LogP) is 1.97. The Balaban J connectivity index is 1.95. The van der Waals surface area contributed by atoms with Crippen molar-refractivity contribution >= 4 is 29.1 Å². The van der Waals surface area contributed by atoms with Crippen molar-refractivity contribution in [1.82, 2.24) is 5.32 Å². The molecule has 6 heteroatoms. The van der Waals surface area contributed by atoms with Gasteiger partial charge in [0.15, 0.2) is 0 Å². The molecule has 0 radical (unpaired) electrons. The first-order valence-corrected chi connectivity index (χ1v) is 7.80. The number of aliphatic hydroxyl groups is 1. The number of carbonyl (C=O) groups is 2. The Kier molecular flexibility index (Phi) is 5.42. The molecule has 120 valence electrons. The Bertz CT molecular complexity index is 562. The van der Waals surface area contributed by atoms with Crippen LogP contribution in [0.5, 0.6) is 0 Å². The number of anilines is 1. The fourth-order valence-electron chi connectivity index (χ4n) is 2.39. The van der Waals surface area contributed by atoms with Crippen LogP contribution in [0.25, 0.3) is 0 Å². The number of rotatable bonds is 5. The van der Waals surface area contributed by atoms with E-state index < -0.39 is 12.1 Å². The molecule has 2 N–H and O–H groups in total. The van der Waals surface area contributed by atoms with Crippen molar-refractivity contribution in [3.05, 3.63) is 29.3 Å². The minimum Gasteiger partial charge on any atom is -0.392 e. The molecule has 0 aromatic heterocycles. The van der Waals surface area contributed by atoms with Gasteiger partial charge in [0, 0.05) is 17.3 Å². The van der Waals surface area contributed by atoms with Crippen molar-refractivity contribution in [2.75, 3.05) is 11.4 Å². The zero-order valence-corrected chi connectivity index (χ0v) is 13.5. The molecule has 1 saturated heterocycles. The quantitative estimate of drug-likeness (QED) is 0.870. The monoisotopic (exact) mass is 324 g/mol. The summed E-state index contributed by atoms with van der Waals surface area (Å²) in [5, 5.41) is 13.0. The summed E-state index contributed by atoms with van der Waals surface area (Å²) in [5.74, 6) is -0.435. The summed E-state index contributed by atoms with van der Waals surface area (Å²) in [5.41, 5.74) is 0.733. The van der Waals surface area contributed by atoms with E-state index in [0.717, 1.165) is 5.69 Å². The molecule has 0 bridgehead atoms. The summed E-state index contributed by atoms with van der Waals surface area (Å²) in [6.07, 6.45) is -0.131. The van der Waals surface area contributed by atoms with Crippen LogP contribution in [0.4, 0.5) is 5.69 Å².